The summed E-state index contributed by atoms with van der Waals surface area (Å²) in [6.07, 6.45) is 1.51. The number of hydrogen-bond acceptors (Lipinski definition) is 2. The predicted octanol–water partition coefficient (Wildman–Crippen LogP) is 3.06. The molecule has 0 unspecified atom stereocenters. The van der Waals surface area contributed by atoms with Crippen LogP contribution in [0.2, 0.25) is 0 Å². The first-order chi connectivity index (χ1) is 4.68. The van der Waals surface area contributed by atoms with E-state index in [0.29, 0.717) is 5.92 Å². The molecule has 0 atom stereocenters. The Kier molecular flexibility index (Phi) is 5.03. The largest absolute Gasteiger partial charge is 0.258 e. The molecule has 0 aromatic rings. The van der Waals surface area contributed by atoms with Crippen molar-refractivity contribution in [2.24, 2.45) is 10.9 Å². The van der Waals surface area contributed by atoms with Crippen molar-refractivity contribution in [3.05, 3.63) is 24.3 Å². The highest BCUT2D eigenvalue weighted by Crippen LogP contribution is 2.18. The van der Waals surface area contributed by atoms with Gasteiger partial charge in [0, 0.05) is 6.20 Å². The maximum atomic E-state index is 3.86. The van der Waals surface area contributed by atoms with Crippen molar-refractivity contribution >= 4 is 17.3 Å². The van der Waals surface area contributed by atoms with Crippen LogP contribution in [-0.4, -0.2) is 5.55 Å². The molecule has 0 amide bonds. The molecule has 0 fully saturated rings. The SMILES string of the molecule is C=CN=CSC(=C)C(C)C. The van der Waals surface area contributed by atoms with Gasteiger partial charge in [-0.25, -0.2) is 0 Å². The summed E-state index contributed by atoms with van der Waals surface area (Å²) in [7, 11) is 0. The normalized spacial score (nSPS) is 10.7. The van der Waals surface area contributed by atoms with E-state index in [-0.39, 0.29) is 0 Å². The van der Waals surface area contributed by atoms with Gasteiger partial charge in [0.2, 0.25) is 0 Å². The van der Waals surface area contributed by atoms with Gasteiger partial charge in [0.15, 0.2) is 0 Å². The van der Waals surface area contributed by atoms with Gasteiger partial charge in [0.25, 0.3) is 0 Å². The highest BCUT2D eigenvalue weighted by Gasteiger charge is 1.96. The molecule has 0 rings (SSSR count). The summed E-state index contributed by atoms with van der Waals surface area (Å²) in [4.78, 5) is 4.97. The average Bonchev–Trinajstić information content (AvgIpc) is 1.88. The third-order valence-electron chi connectivity index (χ3n) is 1.01. The molecule has 1 nitrogen and oxygen atoms in total. The van der Waals surface area contributed by atoms with Crippen LogP contribution in [-0.2, 0) is 0 Å². The Balaban J connectivity index is 3.59. The smallest absolute Gasteiger partial charge is 0.0640 e. The lowest BCUT2D eigenvalue weighted by atomic mass is 10.2. The first-order valence-electron chi connectivity index (χ1n) is 3.16. The van der Waals surface area contributed by atoms with Crippen LogP contribution in [0.3, 0.4) is 0 Å². The van der Waals surface area contributed by atoms with E-state index in [4.69, 9.17) is 0 Å². The monoisotopic (exact) mass is 155 g/mol. The molecule has 0 saturated carbocycles. The Bertz CT molecular complexity index is 147. The van der Waals surface area contributed by atoms with Gasteiger partial charge in [-0.2, -0.15) is 0 Å². The number of nitrogens with zero attached hydrogens (tertiary/aromatic N) is 1. The Morgan fingerprint density at radius 1 is 1.60 bits per heavy atom. The average molecular weight is 155 g/mol. The highest BCUT2D eigenvalue weighted by atomic mass is 32.2. The van der Waals surface area contributed by atoms with E-state index in [1.54, 1.807) is 17.3 Å². The Morgan fingerprint density at radius 2 is 2.20 bits per heavy atom. The van der Waals surface area contributed by atoms with Crippen molar-refractivity contribution in [2.75, 3.05) is 0 Å². The summed E-state index contributed by atoms with van der Waals surface area (Å²) in [5.41, 5.74) is 1.75. The minimum atomic E-state index is 0.515. The molecule has 0 aliphatic heterocycles. The van der Waals surface area contributed by atoms with Crippen LogP contribution in [0.15, 0.2) is 29.3 Å². The topological polar surface area (TPSA) is 12.4 Å². The fraction of sp³-hybridized carbons (Fsp3) is 0.375. The molecule has 0 aromatic heterocycles. The summed E-state index contributed by atoms with van der Waals surface area (Å²) in [5.74, 6) is 0.515. The van der Waals surface area contributed by atoms with E-state index in [9.17, 15) is 0 Å². The fourth-order valence-electron chi connectivity index (χ4n) is 0.277. The van der Waals surface area contributed by atoms with Crippen molar-refractivity contribution in [1.29, 1.82) is 0 Å². The molecule has 10 heavy (non-hydrogen) atoms. The summed E-state index contributed by atoms with van der Waals surface area (Å²) in [5, 5.41) is 0. The molecule has 0 aliphatic rings. The molecule has 0 bridgehead atoms. The van der Waals surface area contributed by atoms with Crippen LogP contribution in [0.4, 0.5) is 0 Å². The minimum Gasteiger partial charge on any atom is -0.258 e. The molecular weight excluding hydrogens is 142 g/mol. The van der Waals surface area contributed by atoms with Gasteiger partial charge < -0.3 is 0 Å². The van der Waals surface area contributed by atoms with Crippen LogP contribution in [0.25, 0.3) is 0 Å². The quantitative estimate of drug-likeness (QED) is 0.449. The van der Waals surface area contributed by atoms with Crippen LogP contribution in [0.1, 0.15) is 13.8 Å². The van der Waals surface area contributed by atoms with E-state index < -0.39 is 0 Å². The van der Waals surface area contributed by atoms with Gasteiger partial charge in [0.1, 0.15) is 0 Å². The third-order valence-corrected chi connectivity index (χ3v) is 2.02. The second-order valence-electron chi connectivity index (χ2n) is 2.18. The Labute approximate surface area is 66.9 Å². The molecule has 0 radical (unpaired) electrons. The van der Waals surface area contributed by atoms with Gasteiger partial charge in [0.05, 0.1) is 5.55 Å². The second kappa shape index (κ2) is 5.30. The zero-order valence-electron chi connectivity index (χ0n) is 6.50. The Morgan fingerprint density at radius 3 is 2.60 bits per heavy atom. The molecular formula is C8H13NS. The number of allylic oxidation sites excluding steroid dienone is 1. The van der Waals surface area contributed by atoms with Crippen molar-refractivity contribution in [1.82, 2.24) is 0 Å². The second-order valence-corrected chi connectivity index (χ2v) is 3.15. The summed E-state index contributed by atoms with van der Waals surface area (Å²) in [6, 6.07) is 0. The van der Waals surface area contributed by atoms with E-state index >= 15 is 0 Å². The first kappa shape index (κ1) is 9.50. The lowest BCUT2D eigenvalue weighted by Crippen LogP contribution is -1.85. The first-order valence-corrected chi connectivity index (χ1v) is 4.04. The molecule has 0 N–H and O–H groups in total. The molecule has 0 spiro atoms. The standard InChI is InChI=1S/C8H13NS/c1-5-9-6-10-8(4)7(2)3/h5-7H,1,4H2,2-3H3. The molecule has 56 valence electrons. The number of aliphatic imine (C=N–C) groups is 1. The predicted molar refractivity (Wildman–Crippen MR) is 50.3 cm³/mol. The number of thioether (sulfide) groups is 1. The summed E-state index contributed by atoms with van der Waals surface area (Å²) >= 11 is 1.55. The minimum absolute atomic E-state index is 0.515. The third kappa shape index (κ3) is 4.39. The van der Waals surface area contributed by atoms with E-state index in [0.717, 1.165) is 4.91 Å². The molecule has 0 aliphatic carbocycles. The fourth-order valence-corrected chi connectivity index (χ4v) is 0.832. The van der Waals surface area contributed by atoms with Crippen LogP contribution < -0.4 is 0 Å². The zero-order chi connectivity index (χ0) is 7.98. The van der Waals surface area contributed by atoms with Crippen molar-refractivity contribution in [3.8, 4) is 0 Å². The number of rotatable bonds is 4. The maximum Gasteiger partial charge on any atom is 0.0640 e. The Hall–Kier alpha value is -0.500. The van der Waals surface area contributed by atoms with Gasteiger partial charge in [-0.1, -0.05) is 38.8 Å². The molecule has 0 aromatic carbocycles. The van der Waals surface area contributed by atoms with Gasteiger partial charge in [-0.15, -0.1) is 0 Å². The molecule has 2 heteroatoms. The van der Waals surface area contributed by atoms with Crippen LogP contribution in [0.5, 0.6) is 0 Å². The summed E-state index contributed by atoms with van der Waals surface area (Å²) in [6.45, 7) is 11.5. The number of hydrogen-bond donors (Lipinski definition) is 0. The van der Waals surface area contributed by atoms with Crippen LogP contribution >= 0.6 is 11.8 Å². The van der Waals surface area contributed by atoms with Crippen LogP contribution in [0, 0.1) is 5.92 Å². The van der Waals surface area contributed by atoms with Gasteiger partial charge >= 0.3 is 0 Å². The molecule has 0 heterocycles. The van der Waals surface area contributed by atoms with E-state index in [2.05, 4.69) is 32.0 Å². The lowest BCUT2D eigenvalue weighted by molar-refractivity contribution is 0.821. The van der Waals surface area contributed by atoms with E-state index in [1.807, 2.05) is 0 Å². The van der Waals surface area contributed by atoms with Crippen molar-refractivity contribution < 1.29 is 0 Å². The maximum absolute atomic E-state index is 3.86. The summed E-state index contributed by atoms with van der Waals surface area (Å²) < 4.78 is 0. The van der Waals surface area contributed by atoms with Gasteiger partial charge in [-0.05, 0) is 10.8 Å². The van der Waals surface area contributed by atoms with Gasteiger partial charge in [-0.3, -0.25) is 4.99 Å². The van der Waals surface area contributed by atoms with E-state index in [1.165, 1.54) is 6.20 Å². The zero-order valence-corrected chi connectivity index (χ0v) is 7.32. The molecule has 0 saturated heterocycles. The highest BCUT2D eigenvalue weighted by molar-refractivity contribution is 8.15. The van der Waals surface area contributed by atoms with Crippen molar-refractivity contribution in [3.63, 3.8) is 0 Å². The lowest BCUT2D eigenvalue weighted by Gasteiger charge is -2.02. The van der Waals surface area contributed by atoms with Crippen molar-refractivity contribution in [2.45, 2.75) is 13.8 Å².